The Bertz CT molecular complexity index is 450. The van der Waals surface area contributed by atoms with Crippen molar-refractivity contribution in [3.63, 3.8) is 0 Å². The summed E-state index contributed by atoms with van der Waals surface area (Å²) < 4.78 is 47.3. The molecular formula is C11H13F3NO3P. The van der Waals surface area contributed by atoms with Gasteiger partial charge in [0.25, 0.3) is 0 Å². The molecule has 0 saturated heterocycles. The lowest BCUT2D eigenvalue weighted by Gasteiger charge is -2.19. The SMILES string of the molecule is O=C(NC(CC[PH](=O)O)c1ccccc1)C(F)(F)F. The molecule has 0 radical (unpaired) electrons. The molecule has 2 N–H and O–H groups in total. The highest BCUT2D eigenvalue weighted by Gasteiger charge is 2.39. The van der Waals surface area contributed by atoms with Crippen LogP contribution in [0.2, 0.25) is 0 Å². The van der Waals surface area contributed by atoms with Crippen LogP contribution in [0.3, 0.4) is 0 Å². The second kappa shape index (κ2) is 6.73. The van der Waals surface area contributed by atoms with Gasteiger partial charge in [-0.2, -0.15) is 13.2 Å². The number of carbonyl (C=O) groups excluding carboxylic acids is 1. The van der Waals surface area contributed by atoms with Crippen molar-refractivity contribution in [3.8, 4) is 0 Å². The molecule has 106 valence electrons. The van der Waals surface area contributed by atoms with E-state index >= 15 is 0 Å². The molecular weight excluding hydrogens is 282 g/mol. The van der Waals surface area contributed by atoms with E-state index in [1.165, 1.54) is 0 Å². The van der Waals surface area contributed by atoms with Gasteiger partial charge < -0.3 is 10.2 Å². The molecule has 4 nitrogen and oxygen atoms in total. The molecule has 2 atom stereocenters. The number of benzene rings is 1. The van der Waals surface area contributed by atoms with Crippen LogP contribution in [-0.4, -0.2) is 23.1 Å². The summed E-state index contributed by atoms with van der Waals surface area (Å²) in [5.74, 6) is -2.06. The summed E-state index contributed by atoms with van der Waals surface area (Å²) in [7, 11) is -2.79. The Morgan fingerprint density at radius 2 is 1.89 bits per heavy atom. The predicted molar refractivity (Wildman–Crippen MR) is 64.1 cm³/mol. The first-order valence-corrected chi connectivity index (χ1v) is 7.01. The van der Waals surface area contributed by atoms with Gasteiger partial charge in [0.2, 0.25) is 0 Å². The van der Waals surface area contributed by atoms with Crippen molar-refractivity contribution in [3.05, 3.63) is 35.9 Å². The molecule has 0 aliphatic rings. The molecule has 19 heavy (non-hydrogen) atoms. The predicted octanol–water partition coefficient (Wildman–Crippen LogP) is 2.26. The topological polar surface area (TPSA) is 66.4 Å². The van der Waals surface area contributed by atoms with Gasteiger partial charge in [0, 0.05) is 6.16 Å². The zero-order valence-electron chi connectivity index (χ0n) is 9.78. The van der Waals surface area contributed by atoms with E-state index in [1.807, 2.05) is 5.32 Å². The average molecular weight is 295 g/mol. The second-order valence-electron chi connectivity index (χ2n) is 3.87. The number of amides is 1. The van der Waals surface area contributed by atoms with Crippen molar-refractivity contribution >= 4 is 13.9 Å². The molecule has 0 heterocycles. The van der Waals surface area contributed by atoms with Crippen LogP contribution in [0.25, 0.3) is 0 Å². The quantitative estimate of drug-likeness (QED) is 0.819. The molecule has 0 aromatic heterocycles. The third-order valence-corrected chi connectivity index (χ3v) is 3.13. The van der Waals surface area contributed by atoms with Crippen LogP contribution in [0.15, 0.2) is 30.3 Å². The normalized spacial score (nSPS) is 14.7. The molecule has 0 saturated carbocycles. The van der Waals surface area contributed by atoms with E-state index in [1.54, 1.807) is 30.3 Å². The van der Waals surface area contributed by atoms with Crippen LogP contribution in [0.1, 0.15) is 18.0 Å². The summed E-state index contributed by atoms with van der Waals surface area (Å²) in [6.45, 7) is 0. The lowest BCUT2D eigenvalue weighted by atomic mass is 10.0. The van der Waals surface area contributed by atoms with Gasteiger partial charge in [-0.15, -0.1) is 0 Å². The molecule has 8 heteroatoms. The van der Waals surface area contributed by atoms with Crippen molar-refractivity contribution in [2.75, 3.05) is 6.16 Å². The lowest BCUT2D eigenvalue weighted by Crippen LogP contribution is -2.39. The number of hydrogen-bond donors (Lipinski definition) is 2. The van der Waals surface area contributed by atoms with Gasteiger partial charge in [-0.05, 0) is 12.0 Å². The van der Waals surface area contributed by atoms with Gasteiger partial charge >= 0.3 is 12.1 Å². The largest absolute Gasteiger partial charge is 0.471 e. The maximum absolute atomic E-state index is 12.2. The molecule has 0 spiro atoms. The van der Waals surface area contributed by atoms with Crippen molar-refractivity contribution in [2.24, 2.45) is 0 Å². The molecule has 0 bridgehead atoms. The van der Waals surface area contributed by atoms with Gasteiger partial charge in [-0.3, -0.25) is 9.36 Å². The van der Waals surface area contributed by atoms with E-state index in [0.29, 0.717) is 5.56 Å². The van der Waals surface area contributed by atoms with E-state index < -0.39 is 26.2 Å². The van der Waals surface area contributed by atoms with E-state index in [-0.39, 0.29) is 12.6 Å². The molecule has 1 rings (SSSR count). The van der Waals surface area contributed by atoms with E-state index in [9.17, 15) is 22.5 Å². The number of hydrogen-bond acceptors (Lipinski definition) is 2. The van der Waals surface area contributed by atoms with Crippen molar-refractivity contribution in [2.45, 2.75) is 18.6 Å². The minimum atomic E-state index is -4.97. The highest BCUT2D eigenvalue weighted by Crippen LogP contribution is 2.25. The smallest absolute Gasteiger partial charge is 0.346 e. The Morgan fingerprint density at radius 1 is 1.32 bits per heavy atom. The summed E-state index contributed by atoms with van der Waals surface area (Å²) >= 11 is 0. The number of rotatable bonds is 5. The minimum absolute atomic E-state index is 0.0276. The number of alkyl halides is 3. The van der Waals surface area contributed by atoms with E-state index in [2.05, 4.69) is 0 Å². The maximum atomic E-state index is 12.2. The molecule has 0 fully saturated rings. The van der Waals surface area contributed by atoms with E-state index in [0.717, 1.165) is 0 Å². The van der Waals surface area contributed by atoms with Gasteiger partial charge in [0.05, 0.1) is 6.04 Å². The van der Waals surface area contributed by atoms with Crippen molar-refractivity contribution in [1.29, 1.82) is 0 Å². The summed E-state index contributed by atoms with van der Waals surface area (Å²) in [5.41, 5.74) is 0.461. The summed E-state index contributed by atoms with van der Waals surface area (Å²) in [5, 5.41) is 1.83. The number of halogens is 3. The van der Waals surface area contributed by atoms with Gasteiger partial charge in [0.1, 0.15) is 0 Å². The molecule has 1 aromatic rings. The molecule has 2 unspecified atom stereocenters. The molecule has 1 aromatic carbocycles. The van der Waals surface area contributed by atoms with Crippen LogP contribution in [0.4, 0.5) is 13.2 Å². The summed E-state index contributed by atoms with van der Waals surface area (Å²) in [6.07, 6.45) is -5.15. The summed E-state index contributed by atoms with van der Waals surface area (Å²) in [4.78, 5) is 19.7. The zero-order chi connectivity index (χ0) is 14.5. The van der Waals surface area contributed by atoms with Crippen LogP contribution in [0.5, 0.6) is 0 Å². The zero-order valence-corrected chi connectivity index (χ0v) is 10.8. The van der Waals surface area contributed by atoms with E-state index in [4.69, 9.17) is 4.89 Å². The molecule has 0 aliphatic carbocycles. The summed E-state index contributed by atoms with van der Waals surface area (Å²) in [6, 6.07) is 7.08. The number of carbonyl (C=O) groups is 1. The fraction of sp³-hybridized carbons (Fsp3) is 0.364. The van der Waals surface area contributed by atoms with Crippen LogP contribution >= 0.6 is 8.03 Å². The Kier molecular flexibility index (Phi) is 5.57. The van der Waals surface area contributed by atoms with Crippen molar-refractivity contribution in [1.82, 2.24) is 5.32 Å². The first-order chi connectivity index (χ1) is 8.80. The first-order valence-electron chi connectivity index (χ1n) is 5.45. The fourth-order valence-corrected chi connectivity index (χ4v) is 2.05. The Morgan fingerprint density at radius 3 is 2.37 bits per heavy atom. The van der Waals surface area contributed by atoms with Crippen LogP contribution in [-0.2, 0) is 9.36 Å². The molecule has 1 amide bonds. The van der Waals surface area contributed by atoms with Crippen LogP contribution < -0.4 is 5.32 Å². The molecule has 0 aliphatic heterocycles. The lowest BCUT2D eigenvalue weighted by molar-refractivity contribution is -0.174. The van der Waals surface area contributed by atoms with Crippen molar-refractivity contribution < 1.29 is 27.4 Å². The Balaban J connectivity index is 2.81. The third kappa shape index (κ3) is 5.44. The average Bonchev–Trinajstić information content (AvgIpc) is 2.33. The van der Waals surface area contributed by atoms with Gasteiger partial charge in [-0.1, -0.05) is 30.3 Å². The van der Waals surface area contributed by atoms with Gasteiger partial charge in [0.15, 0.2) is 8.03 Å². The third-order valence-electron chi connectivity index (χ3n) is 2.41. The Labute approximate surface area is 108 Å². The second-order valence-corrected chi connectivity index (χ2v) is 5.15. The minimum Gasteiger partial charge on any atom is -0.346 e. The first kappa shape index (κ1) is 15.7. The monoisotopic (exact) mass is 295 g/mol. The van der Waals surface area contributed by atoms with Gasteiger partial charge in [-0.25, -0.2) is 0 Å². The fourth-order valence-electron chi connectivity index (χ4n) is 1.52. The standard InChI is InChI=1S/C11H13F3NO3P/c12-11(13,14)10(16)15-9(6-7-19(17)18)8-4-2-1-3-5-8/h1-5,9,19H,6-7H2,(H,15,16)(H,17,18). The Hall–Kier alpha value is -1.33. The number of nitrogens with one attached hydrogen (secondary N) is 1. The maximum Gasteiger partial charge on any atom is 0.471 e. The highest BCUT2D eigenvalue weighted by molar-refractivity contribution is 7.37. The van der Waals surface area contributed by atoms with Crippen LogP contribution in [0, 0.1) is 0 Å². The highest BCUT2D eigenvalue weighted by atomic mass is 31.1.